The molecular weight excluding hydrogens is 525 g/mol. The third-order valence-corrected chi connectivity index (χ3v) is 6.73. The first-order valence-electron chi connectivity index (χ1n) is 12.4. The Hall–Kier alpha value is -4.70. The van der Waals surface area contributed by atoms with Gasteiger partial charge in [-0.25, -0.2) is 9.97 Å². The van der Waals surface area contributed by atoms with Crippen LogP contribution >= 0.6 is 0 Å². The molecule has 1 aliphatic heterocycles. The SMILES string of the molecule is CC(=O)Nc1cc(Oc2cnc3nc(Nc4ccc([C@H]5CCCN5C)c(C(F)(F)F)c4)n(C)c3c2C#N)ccn1. The number of nitriles is 1. The Morgan fingerprint density at radius 2 is 2.00 bits per heavy atom. The van der Waals surface area contributed by atoms with Gasteiger partial charge in [-0.3, -0.25) is 9.69 Å². The van der Waals surface area contributed by atoms with Crippen LogP contribution in [0.4, 0.5) is 30.6 Å². The van der Waals surface area contributed by atoms with Crippen LogP contribution in [0.5, 0.6) is 11.5 Å². The number of rotatable bonds is 6. The van der Waals surface area contributed by atoms with Crippen molar-refractivity contribution >= 4 is 34.5 Å². The number of pyridine rings is 2. The Morgan fingerprint density at radius 3 is 2.67 bits per heavy atom. The average molecular weight is 551 g/mol. The molecule has 1 atom stereocenters. The van der Waals surface area contributed by atoms with Crippen LogP contribution in [0.3, 0.4) is 0 Å². The van der Waals surface area contributed by atoms with Crippen molar-refractivity contribution in [3.8, 4) is 17.6 Å². The molecule has 4 aromatic rings. The maximum atomic E-state index is 14.1. The lowest BCUT2D eigenvalue weighted by atomic mass is 9.97. The number of carbonyl (C=O) groups is 1. The topological polar surface area (TPSA) is 121 Å². The zero-order valence-electron chi connectivity index (χ0n) is 21.9. The fraction of sp³-hybridized carbons (Fsp3) is 0.296. The van der Waals surface area contributed by atoms with Crippen molar-refractivity contribution < 1.29 is 22.7 Å². The van der Waals surface area contributed by atoms with E-state index >= 15 is 0 Å². The van der Waals surface area contributed by atoms with E-state index in [1.807, 2.05) is 11.9 Å². The van der Waals surface area contributed by atoms with Gasteiger partial charge in [-0.15, -0.1) is 0 Å². The van der Waals surface area contributed by atoms with Crippen molar-refractivity contribution in [1.29, 1.82) is 5.26 Å². The number of fused-ring (bicyclic) bond motifs is 1. The molecule has 0 aliphatic carbocycles. The van der Waals surface area contributed by atoms with Crippen molar-refractivity contribution in [2.24, 2.45) is 7.05 Å². The summed E-state index contributed by atoms with van der Waals surface area (Å²) in [5, 5.41) is 15.5. The van der Waals surface area contributed by atoms with Gasteiger partial charge in [0.2, 0.25) is 11.9 Å². The first-order chi connectivity index (χ1) is 19.0. The van der Waals surface area contributed by atoms with Crippen molar-refractivity contribution in [3.63, 3.8) is 0 Å². The molecule has 2 N–H and O–H groups in total. The van der Waals surface area contributed by atoms with Crippen LogP contribution < -0.4 is 15.4 Å². The number of ether oxygens (including phenoxy) is 1. The molecule has 10 nitrogen and oxygen atoms in total. The van der Waals surface area contributed by atoms with E-state index in [2.05, 4.69) is 31.7 Å². The summed E-state index contributed by atoms with van der Waals surface area (Å²) in [4.78, 5) is 26.0. The summed E-state index contributed by atoms with van der Waals surface area (Å²) < 4.78 is 49.6. The molecule has 1 saturated heterocycles. The lowest BCUT2D eigenvalue weighted by Crippen LogP contribution is -2.21. The molecule has 40 heavy (non-hydrogen) atoms. The minimum atomic E-state index is -4.53. The highest BCUT2D eigenvalue weighted by atomic mass is 19.4. The number of aryl methyl sites for hydroxylation is 1. The van der Waals surface area contributed by atoms with E-state index in [4.69, 9.17) is 4.74 Å². The molecule has 0 bridgehead atoms. The number of imidazole rings is 1. The molecule has 206 valence electrons. The predicted molar refractivity (Wildman–Crippen MR) is 141 cm³/mol. The number of likely N-dealkylation sites (tertiary alicyclic amines) is 1. The molecular formula is C27H25F3N8O2. The lowest BCUT2D eigenvalue weighted by molar-refractivity contribution is -0.138. The van der Waals surface area contributed by atoms with E-state index in [9.17, 15) is 23.2 Å². The zero-order chi connectivity index (χ0) is 28.6. The van der Waals surface area contributed by atoms with Crippen LogP contribution in [0, 0.1) is 11.3 Å². The summed E-state index contributed by atoms with van der Waals surface area (Å²) in [6.45, 7) is 2.10. The number of halogens is 3. The quantitative estimate of drug-likeness (QED) is 0.322. The molecule has 5 rings (SSSR count). The number of benzene rings is 1. The molecule has 0 saturated carbocycles. The van der Waals surface area contributed by atoms with E-state index < -0.39 is 11.7 Å². The number of amides is 1. The van der Waals surface area contributed by atoms with Crippen molar-refractivity contribution in [3.05, 3.63) is 59.4 Å². The molecule has 1 amide bonds. The Bertz CT molecular complexity index is 1640. The number of alkyl halides is 3. The monoisotopic (exact) mass is 550 g/mol. The Morgan fingerprint density at radius 1 is 1.20 bits per heavy atom. The second-order valence-corrected chi connectivity index (χ2v) is 9.50. The van der Waals surface area contributed by atoms with Crippen LogP contribution in [0.25, 0.3) is 11.2 Å². The number of aromatic nitrogens is 4. The third-order valence-electron chi connectivity index (χ3n) is 6.73. The van der Waals surface area contributed by atoms with E-state index in [1.54, 1.807) is 19.2 Å². The molecule has 4 heterocycles. The number of anilines is 3. The van der Waals surface area contributed by atoms with Crippen molar-refractivity contribution in [1.82, 2.24) is 24.4 Å². The second kappa shape index (κ2) is 10.5. The summed E-state index contributed by atoms with van der Waals surface area (Å²) >= 11 is 0. The van der Waals surface area contributed by atoms with Crippen LogP contribution in [-0.2, 0) is 18.0 Å². The summed E-state index contributed by atoms with van der Waals surface area (Å²) in [7, 11) is 3.45. The highest BCUT2D eigenvalue weighted by Crippen LogP contribution is 2.41. The van der Waals surface area contributed by atoms with Crippen LogP contribution in [-0.4, -0.2) is 43.9 Å². The average Bonchev–Trinajstić information content (AvgIpc) is 3.46. The third kappa shape index (κ3) is 5.26. The largest absolute Gasteiger partial charge is 0.454 e. The van der Waals surface area contributed by atoms with Gasteiger partial charge in [0.25, 0.3) is 0 Å². The summed E-state index contributed by atoms with van der Waals surface area (Å²) in [6.07, 6.45) is -0.244. The van der Waals surface area contributed by atoms with Crippen LogP contribution in [0.1, 0.15) is 42.5 Å². The van der Waals surface area contributed by atoms with Gasteiger partial charge in [0, 0.05) is 38.0 Å². The fourth-order valence-electron chi connectivity index (χ4n) is 4.90. The van der Waals surface area contributed by atoms with E-state index in [1.165, 1.54) is 36.0 Å². The number of nitrogens with zero attached hydrogens (tertiary/aromatic N) is 6. The highest BCUT2D eigenvalue weighted by Gasteiger charge is 2.37. The van der Waals surface area contributed by atoms with Crippen molar-refractivity contribution in [2.75, 3.05) is 24.2 Å². The normalized spacial score (nSPS) is 15.7. The minimum absolute atomic E-state index is 0.126. The van der Waals surface area contributed by atoms with Crippen molar-refractivity contribution in [2.45, 2.75) is 32.0 Å². The molecule has 13 heteroatoms. The Labute approximate surface area is 227 Å². The maximum absolute atomic E-state index is 14.1. The number of carbonyl (C=O) groups excluding carboxylic acids is 1. The minimum Gasteiger partial charge on any atom is -0.454 e. The molecule has 0 spiro atoms. The first-order valence-corrected chi connectivity index (χ1v) is 12.4. The van der Waals surface area contributed by atoms with E-state index in [0.717, 1.165) is 19.0 Å². The number of nitrogens with one attached hydrogen (secondary N) is 2. The molecule has 1 aromatic carbocycles. The van der Waals surface area contributed by atoms with Gasteiger partial charge in [-0.2, -0.15) is 23.4 Å². The summed E-state index contributed by atoms with van der Waals surface area (Å²) in [6, 6.07) is 9.05. The highest BCUT2D eigenvalue weighted by molar-refractivity contribution is 5.88. The fourth-order valence-corrected chi connectivity index (χ4v) is 4.90. The molecule has 1 fully saturated rings. The van der Waals surface area contributed by atoms with Crippen LogP contribution in [0.15, 0.2) is 42.7 Å². The standard InChI is InChI=1S/C27H25F3N8O2/c1-15(39)34-23-12-17(8-9-32-23)40-22-14-33-25-24(19(22)13-31)38(3)26(36-25)35-16-6-7-18(20(11-16)27(28,29)30)21-5-4-10-37(21)2/h6-9,11-12,14,21H,4-5,10H2,1-3H3,(H,32,34,39)(H,33,35,36)/t21-/m1/s1. The van der Waals surface area contributed by atoms with Gasteiger partial charge in [0.1, 0.15) is 28.7 Å². The second-order valence-electron chi connectivity index (χ2n) is 9.50. The first kappa shape index (κ1) is 26.9. The molecule has 0 radical (unpaired) electrons. The maximum Gasteiger partial charge on any atom is 0.416 e. The lowest BCUT2D eigenvalue weighted by Gasteiger charge is -2.24. The summed E-state index contributed by atoms with van der Waals surface area (Å²) in [5.74, 6) is 0.613. The van der Waals surface area contributed by atoms with Gasteiger partial charge in [-0.1, -0.05) is 6.07 Å². The Kier molecular flexibility index (Phi) is 7.03. The molecule has 3 aromatic heterocycles. The number of hydrogen-bond acceptors (Lipinski definition) is 8. The zero-order valence-corrected chi connectivity index (χ0v) is 21.9. The summed E-state index contributed by atoms with van der Waals surface area (Å²) in [5.41, 5.74) is 0.421. The van der Waals surface area contributed by atoms with Gasteiger partial charge < -0.3 is 19.9 Å². The predicted octanol–water partition coefficient (Wildman–Crippen LogP) is 5.51. The van der Waals surface area contributed by atoms with Gasteiger partial charge in [0.05, 0.1) is 11.8 Å². The Balaban J connectivity index is 1.48. The smallest absolute Gasteiger partial charge is 0.416 e. The molecule has 0 unspecified atom stereocenters. The van der Waals surface area contributed by atoms with E-state index in [-0.39, 0.29) is 51.9 Å². The number of hydrogen-bond donors (Lipinski definition) is 2. The van der Waals surface area contributed by atoms with Gasteiger partial charge in [0.15, 0.2) is 11.4 Å². The van der Waals surface area contributed by atoms with Gasteiger partial charge in [-0.05, 0) is 50.2 Å². The van der Waals surface area contributed by atoms with Crippen LogP contribution in [0.2, 0.25) is 0 Å². The van der Waals surface area contributed by atoms with Gasteiger partial charge >= 0.3 is 6.18 Å². The van der Waals surface area contributed by atoms with E-state index in [0.29, 0.717) is 17.7 Å². The molecule has 1 aliphatic rings.